The third-order valence-electron chi connectivity index (χ3n) is 5.27. The molecular formula is C20H19N5O5. The Kier molecular flexibility index (Phi) is 4.66. The molecule has 0 spiro atoms. The number of amides is 1. The predicted octanol–water partition coefficient (Wildman–Crippen LogP) is 1.43. The first kappa shape index (κ1) is 18.3. The highest BCUT2D eigenvalue weighted by Crippen LogP contribution is 2.38. The Hall–Kier alpha value is -3.69. The summed E-state index contributed by atoms with van der Waals surface area (Å²) in [6, 6.07) is 7.32. The minimum Gasteiger partial charge on any atom is -0.486 e. The van der Waals surface area contributed by atoms with Gasteiger partial charge in [0.1, 0.15) is 19.8 Å². The summed E-state index contributed by atoms with van der Waals surface area (Å²) in [7, 11) is 0. The first-order valence-corrected chi connectivity index (χ1v) is 9.73. The zero-order chi connectivity index (χ0) is 20.5. The molecule has 0 N–H and O–H groups in total. The van der Waals surface area contributed by atoms with Crippen molar-refractivity contribution in [3.05, 3.63) is 52.8 Å². The average Bonchev–Trinajstić information content (AvgIpc) is 3.41. The van der Waals surface area contributed by atoms with Crippen LogP contribution in [0.15, 0.2) is 46.0 Å². The van der Waals surface area contributed by atoms with E-state index in [9.17, 15) is 9.59 Å². The maximum absolute atomic E-state index is 13.1. The molecule has 0 radical (unpaired) electrons. The van der Waals surface area contributed by atoms with Crippen molar-refractivity contribution < 1.29 is 18.8 Å². The Balaban J connectivity index is 1.39. The molecule has 10 nitrogen and oxygen atoms in total. The number of nitrogens with zero attached hydrogens (tertiary/aromatic N) is 5. The molecule has 1 saturated heterocycles. The third-order valence-corrected chi connectivity index (χ3v) is 5.27. The highest BCUT2D eigenvalue weighted by atomic mass is 16.6. The topological polar surface area (TPSA) is 113 Å². The number of ether oxygens (including phenoxy) is 2. The van der Waals surface area contributed by atoms with Gasteiger partial charge in [-0.1, -0.05) is 11.2 Å². The number of rotatable bonds is 4. The molecule has 1 unspecified atom stereocenters. The van der Waals surface area contributed by atoms with E-state index in [4.69, 9.17) is 14.0 Å². The van der Waals surface area contributed by atoms with E-state index in [-0.39, 0.29) is 30.1 Å². The SMILES string of the molecule is O=C(Cn1c(-c2ncccn2)noc1=O)N1CCCC1c1ccc2c(c1)OCCO2. The molecular weight excluding hydrogens is 390 g/mol. The Morgan fingerprint density at radius 3 is 2.77 bits per heavy atom. The summed E-state index contributed by atoms with van der Waals surface area (Å²) in [6.45, 7) is 1.44. The molecule has 3 aromatic rings. The summed E-state index contributed by atoms with van der Waals surface area (Å²) >= 11 is 0. The van der Waals surface area contributed by atoms with Crippen LogP contribution in [0, 0.1) is 0 Å². The van der Waals surface area contributed by atoms with Crippen LogP contribution in [0.25, 0.3) is 11.6 Å². The Bertz CT molecular complexity index is 1130. The molecule has 30 heavy (non-hydrogen) atoms. The number of hydrogen-bond donors (Lipinski definition) is 0. The molecule has 0 aliphatic carbocycles. The Morgan fingerprint density at radius 1 is 1.13 bits per heavy atom. The second-order valence-electron chi connectivity index (χ2n) is 7.08. The van der Waals surface area contributed by atoms with Gasteiger partial charge in [-0.3, -0.25) is 9.32 Å². The van der Waals surface area contributed by atoms with Gasteiger partial charge in [0, 0.05) is 18.9 Å². The molecule has 10 heteroatoms. The van der Waals surface area contributed by atoms with Crippen molar-refractivity contribution >= 4 is 5.91 Å². The summed E-state index contributed by atoms with van der Waals surface area (Å²) in [6.07, 6.45) is 4.77. The van der Waals surface area contributed by atoms with Crippen molar-refractivity contribution in [1.29, 1.82) is 0 Å². The normalized spacial score (nSPS) is 17.9. The number of likely N-dealkylation sites (tertiary alicyclic amines) is 1. The van der Waals surface area contributed by atoms with E-state index < -0.39 is 5.76 Å². The summed E-state index contributed by atoms with van der Waals surface area (Å²) in [5.74, 6) is 0.835. The molecule has 1 atom stereocenters. The zero-order valence-corrected chi connectivity index (χ0v) is 16.1. The van der Waals surface area contributed by atoms with E-state index in [1.54, 1.807) is 11.0 Å². The highest BCUT2D eigenvalue weighted by Gasteiger charge is 2.32. The molecule has 1 fully saturated rings. The first-order valence-electron chi connectivity index (χ1n) is 9.73. The summed E-state index contributed by atoms with van der Waals surface area (Å²) < 4.78 is 17.2. The Labute approximate surface area is 171 Å². The van der Waals surface area contributed by atoms with Gasteiger partial charge in [-0.15, -0.1) is 0 Å². The minimum absolute atomic E-state index is 0.0969. The number of carbonyl (C=O) groups is 1. The van der Waals surface area contributed by atoms with Gasteiger partial charge in [-0.2, -0.15) is 0 Å². The van der Waals surface area contributed by atoms with Crippen molar-refractivity contribution in [1.82, 2.24) is 24.6 Å². The maximum Gasteiger partial charge on any atom is 0.442 e. The molecule has 2 aliphatic heterocycles. The van der Waals surface area contributed by atoms with Gasteiger partial charge < -0.3 is 14.4 Å². The van der Waals surface area contributed by atoms with E-state index >= 15 is 0 Å². The van der Waals surface area contributed by atoms with E-state index in [2.05, 4.69) is 15.1 Å². The molecule has 5 rings (SSSR count). The third kappa shape index (κ3) is 3.30. The second-order valence-corrected chi connectivity index (χ2v) is 7.08. The van der Waals surface area contributed by atoms with Gasteiger partial charge in [-0.05, 0) is 36.6 Å². The summed E-state index contributed by atoms with van der Waals surface area (Å²) in [5.41, 5.74) is 0.981. The fourth-order valence-electron chi connectivity index (χ4n) is 3.89. The lowest BCUT2D eigenvalue weighted by Gasteiger charge is -2.26. The molecule has 2 aromatic heterocycles. The molecule has 1 aromatic carbocycles. The van der Waals surface area contributed by atoms with Crippen molar-refractivity contribution in [2.45, 2.75) is 25.4 Å². The molecule has 154 valence electrons. The molecule has 2 aliphatic rings. The van der Waals surface area contributed by atoms with Crippen LogP contribution in [0.3, 0.4) is 0 Å². The highest BCUT2D eigenvalue weighted by molar-refractivity contribution is 5.77. The van der Waals surface area contributed by atoms with Crippen LogP contribution in [0.2, 0.25) is 0 Å². The zero-order valence-electron chi connectivity index (χ0n) is 16.1. The lowest BCUT2D eigenvalue weighted by molar-refractivity contribution is -0.132. The molecule has 1 amide bonds. The van der Waals surface area contributed by atoms with Crippen LogP contribution in [0.5, 0.6) is 11.5 Å². The number of benzene rings is 1. The van der Waals surface area contributed by atoms with Gasteiger partial charge in [-0.25, -0.2) is 19.3 Å². The van der Waals surface area contributed by atoms with Crippen LogP contribution < -0.4 is 15.2 Å². The first-order chi connectivity index (χ1) is 14.7. The number of aromatic nitrogens is 4. The molecule has 0 saturated carbocycles. The number of fused-ring (bicyclic) bond motifs is 1. The standard InChI is InChI=1S/C20H19N5O5/c26-17(12-25-19(23-30-20(25)27)18-21-6-2-7-22-18)24-8-1-3-14(24)13-4-5-15-16(11-13)29-10-9-28-15/h2,4-7,11,14H,1,3,8-10,12H2. The molecule has 0 bridgehead atoms. The quantitative estimate of drug-likeness (QED) is 0.636. The van der Waals surface area contributed by atoms with Crippen molar-refractivity contribution in [2.75, 3.05) is 19.8 Å². The number of carbonyl (C=O) groups excluding carboxylic acids is 1. The van der Waals surface area contributed by atoms with Crippen molar-refractivity contribution in [3.8, 4) is 23.1 Å². The smallest absolute Gasteiger partial charge is 0.442 e. The van der Waals surface area contributed by atoms with Gasteiger partial charge in [0.05, 0.1) is 6.04 Å². The van der Waals surface area contributed by atoms with Gasteiger partial charge in [0.15, 0.2) is 17.3 Å². The Morgan fingerprint density at radius 2 is 1.93 bits per heavy atom. The minimum atomic E-state index is -0.721. The van der Waals surface area contributed by atoms with E-state index in [0.717, 1.165) is 23.0 Å². The summed E-state index contributed by atoms with van der Waals surface area (Å²) in [5, 5.41) is 3.74. The lowest BCUT2D eigenvalue weighted by atomic mass is 10.0. The summed E-state index contributed by atoms with van der Waals surface area (Å²) in [4.78, 5) is 35.2. The van der Waals surface area contributed by atoms with Crippen LogP contribution in [-0.4, -0.2) is 50.3 Å². The predicted molar refractivity (Wildman–Crippen MR) is 103 cm³/mol. The average molecular weight is 409 g/mol. The van der Waals surface area contributed by atoms with Gasteiger partial charge in [0.25, 0.3) is 0 Å². The lowest BCUT2D eigenvalue weighted by Crippen LogP contribution is -2.35. The largest absolute Gasteiger partial charge is 0.486 e. The van der Waals surface area contributed by atoms with Gasteiger partial charge >= 0.3 is 5.76 Å². The van der Waals surface area contributed by atoms with Crippen LogP contribution >= 0.6 is 0 Å². The van der Waals surface area contributed by atoms with E-state index in [1.807, 2.05) is 18.2 Å². The monoisotopic (exact) mass is 409 g/mol. The van der Waals surface area contributed by atoms with Crippen molar-refractivity contribution in [3.63, 3.8) is 0 Å². The van der Waals surface area contributed by atoms with Crippen LogP contribution in [0.1, 0.15) is 24.4 Å². The van der Waals surface area contributed by atoms with Crippen LogP contribution in [0.4, 0.5) is 0 Å². The van der Waals surface area contributed by atoms with E-state index in [1.165, 1.54) is 12.4 Å². The van der Waals surface area contributed by atoms with Crippen LogP contribution in [-0.2, 0) is 11.3 Å². The molecule has 4 heterocycles. The fraction of sp³-hybridized carbons (Fsp3) is 0.350. The van der Waals surface area contributed by atoms with Gasteiger partial charge in [0.2, 0.25) is 11.7 Å². The van der Waals surface area contributed by atoms with E-state index in [0.29, 0.717) is 31.3 Å². The fourth-order valence-corrected chi connectivity index (χ4v) is 3.89. The maximum atomic E-state index is 13.1. The number of hydrogen-bond acceptors (Lipinski definition) is 8. The second kappa shape index (κ2) is 7.62. The van der Waals surface area contributed by atoms with Crippen molar-refractivity contribution in [2.24, 2.45) is 0 Å².